The van der Waals surface area contributed by atoms with Crippen LogP contribution in [0.1, 0.15) is 0 Å². The van der Waals surface area contributed by atoms with Crippen LogP contribution in [0.2, 0.25) is 0 Å². The first kappa shape index (κ1) is 38.8. The Kier molecular flexibility index (Phi) is 8.79. The molecule has 0 amide bonds. The summed E-state index contributed by atoms with van der Waals surface area (Å²) in [7, 11) is 0. The van der Waals surface area contributed by atoms with E-state index in [0.29, 0.717) is 17.5 Å². The largest absolute Gasteiger partial charge is 0.452 e. The maximum atomic E-state index is 7.44. The van der Waals surface area contributed by atoms with Gasteiger partial charge in [-0.2, -0.15) is 0 Å². The van der Waals surface area contributed by atoms with Crippen LogP contribution in [0.3, 0.4) is 0 Å². The van der Waals surface area contributed by atoms with Gasteiger partial charge < -0.3 is 13.6 Å². The van der Waals surface area contributed by atoms with Crippen molar-refractivity contribution in [2.45, 2.75) is 0 Å². The van der Waals surface area contributed by atoms with E-state index >= 15 is 0 Å². The second kappa shape index (κ2) is 15.6. The molecule has 0 saturated heterocycles. The van der Waals surface area contributed by atoms with E-state index in [2.05, 4.69) is 221 Å². The highest BCUT2D eigenvalue weighted by Crippen LogP contribution is 2.45. The zero-order valence-corrected chi connectivity index (χ0v) is 37.2. The van der Waals surface area contributed by atoms with Crippen molar-refractivity contribution in [2.24, 2.45) is 0 Å². The number of rotatable bonds is 7. The molecule has 69 heavy (non-hydrogen) atoms. The van der Waals surface area contributed by atoms with Crippen molar-refractivity contribution < 1.29 is 4.42 Å². The molecule has 14 rings (SSSR count). The van der Waals surface area contributed by atoms with Gasteiger partial charge in [0.2, 0.25) is 0 Å². The third kappa shape index (κ3) is 6.23. The predicted molar refractivity (Wildman–Crippen MR) is 283 cm³/mol. The number of furan rings is 1. The lowest BCUT2D eigenvalue weighted by Gasteiger charge is -2.15. The number of fused-ring (bicyclic) bond motifs is 11. The molecule has 0 saturated carbocycles. The molecule has 6 heteroatoms. The van der Waals surface area contributed by atoms with Gasteiger partial charge in [0.05, 0.1) is 27.8 Å². The highest BCUT2D eigenvalue weighted by Gasteiger charge is 2.25. The fourth-order valence-corrected chi connectivity index (χ4v) is 10.4. The van der Waals surface area contributed by atoms with Gasteiger partial charge >= 0.3 is 0 Å². The summed E-state index contributed by atoms with van der Waals surface area (Å²) in [6.45, 7) is 0. The van der Waals surface area contributed by atoms with Crippen molar-refractivity contribution in [3.63, 3.8) is 0 Å². The first-order valence-corrected chi connectivity index (χ1v) is 23.3. The summed E-state index contributed by atoms with van der Waals surface area (Å²) in [5.74, 6) is 1.78. The highest BCUT2D eigenvalue weighted by atomic mass is 16.3. The van der Waals surface area contributed by atoms with Gasteiger partial charge in [0.1, 0.15) is 0 Å². The fraction of sp³-hybridized carbons (Fsp3) is 0. The Hall–Kier alpha value is -9.39. The van der Waals surface area contributed by atoms with Gasteiger partial charge in [-0.25, -0.2) is 15.0 Å². The summed E-state index contributed by atoms with van der Waals surface area (Å²) >= 11 is 0. The Labute approximate surface area is 396 Å². The maximum Gasteiger partial charge on any atom is 0.166 e. The number of hydrogen-bond donors (Lipinski definition) is 0. The van der Waals surface area contributed by atoms with Crippen molar-refractivity contribution in [3.05, 3.63) is 237 Å². The van der Waals surface area contributed by atoms with Crippen molar-refractivity contribution in [2.75, 3.05) is 0 Å². The highest BCUT2D eigenvalue weighted by molar-refractivity contribution is 6.26. The minimum Gasteiger partial charge on any atom is -0.452 e. The summed E-state index contributed by atoms with van der Waals surface area (Å²) in [4.78, 5) is 15.7. The first-order chi connectivity index (χ1) is 34.2. The molecule has 0 fully saturated rings. The van der Waals surface area contributed by atoms with Crippen LogP contribution in [0.15, 0.2) is 241 Å². The van der Waals surface area contributed by atoms with E-state index in [4.69, 9.17) is 19.4 Å². The van der Waals surface area contributed by atoms with Crippen molar-refractivity contribution in [1.82, 2.24) is 24.1 Å². The minimum atomic E-state index is 0.575. The Balaban J connectivity index is 1.03. The number of benzene rings is 10. The van der Waals surface area contributed by atoms with E-state index in [1.807, 2.05) is 24.3 Å². The zero-order chi connectivity index (χ0) is 45.4. The van der Waals surface area contributed by atoms with Crippen LogP contribution >= 0.6 is 0 Å². The van der Waals surface area contributed by atoms with E-state index in [9.17, 15) is 0 Å². The van der Waals surface area contributed by atoms with Crippen molar-refractivity contribution in [3.8, 4) is 67.8 Å². The van der Waals surface area contributed by atoms with Gasteiger partial charge in [-0.1, -0.05) is 182 Å². The van der Waals surface area contributed by atoms with Crippen LogP contribution in [0.4, 0.5) is 0 Å². The van der Waals surface area contributed by atoms with Gasteiger partial charge in [0, 0.05) is 54.7 Å². The number of hydrogen-bond acceptors (Lipinski definition) is 4. The van der Waals surface area contributed by atoms with E-state index in [-0.39, 0.29) is 0 Å². The topological polar surface area (TPSA) is 61.7 Å². The van der Waals surface area contributed by atoms with E-state index in [0.717, 1.165) is 105 Å². The molecule has 0 aliphatic heterocycles. The smallest absolute Gasteiger partial charge is 0.166 e. The van der Waals surface area contributed by atoms with Crippen LogP contribution in [-0.2, 0) is 0 Å². The molecule has 0 spiro atoms. The monoisotopic (exact) mass is 881 g/mol. The summed E-state index contributed by atoms with van der Waals surface area (Å²) in [6.07, 6.45) is 0. The summed E-state index contributed by atoms with van der Waals surface area (Å²) in [5.41, 5.74) is 15.1. The summed E-state index contributed by atoms with van der Waals surface area (Å²) in [6, 6.07) is 83.1. The van der Waals surface area contributed by atoms with E-state index < -0.39 is 0 Å². The minimum absolute atomic E-state index is 0.575. The van der Waals surface area contributed by atoms with Crippen LogP contribution < -0.4 is 0 Å². The fourth-order valence-electron chi connectivity index (χ4n) is 10.4. The Bertz CT molecular complexity index is 4300. The van der Waals surface area contributed by atoms with Crippen LogP contribution in [0, 0.1) is 0 Å². The SMILES string of the molecule is c1ccc(-c2cccc(-c3nc(-c4ccccc4)nc(-c4ccccc4-n4c5ccccc5c5ccc6c7ccc8c9ccccc9n(-c9cccc(-c%10ccccc%10)c9)c8c7oc6c54)n3)c2)cc1. The maximum absolute atomic E-state index is 7.44. The van der Waals surface area contributed by atoms with Gasteiger partial charge in [0.15, 0.2) is 28.6 Å². The van der Waals surface area contributed by atoms with Gasteiger partial charge in [-0.15, -0.1) is 0 Å². The van der Waals surface area contributed by atoms with E-state index in [1.165, 1.54) is 10.9 Å². The molecule has 0 aliphatic rings. The molecule has 14 aromatic rings. The lowest BCUT2D eigenvalue weighted by Crippen LogP contribution is -2.03. The molecular weight excluding hydrogens is 843 g/mol. The number of para-hydroxylation sites is 3. The lowest BCUT2D eigenvalue weighted by molar-refractivity contribution is 0.673. The standard InChI is InChI=1S/C63H39N5O/c1-4-18-40(19-5-1)43-24-16-26-45(38-43)62-64-61(42-22-8-3-9-23-42)65-63(66-62)53-30-12-15-33-56(53)68-55-32-14-11-29-48(55)50-35-37-52-51-36-34-49-47-28-10-13-31-54(47)67(57(49)59(51)69-60(52)58(50)68)46-27-17-25-44(39-46)41-20-6-2-7-21-41/h1-39H. The molecule has 0 atom stereocenters. The first-order valence-electron chi connectivity index (χ1n) is 23.3. The van der Waals surface area contributed by atoms with Crippen molar-refractivity contribution in [1.29, 1.82) is 0 Å². The molecule has 0 bridgehead atoms. The van der Waals surface area contributed by atoms with Crippen LogP contribution in [0.5, 0.6) is 0 Å². The molecule has 6 nitrogen and oxygen atoms in total. The molecule has 0 aliphatic carbocycles. The third-order valence-corrected chi connectivity index (χ3v) is 13.6. The third-order valence-electron chi connectivity index (χ3n) is 13.6. The van der Waals surface area contributed by atoms with Gasteiger partial charge in [-0.05, 0) is 76.9 Å². The zero-order valence-electron chi connectivity index (χ0n) is 37.2. The number of aromatic nitrogens is 5. The molecule has 4 aromatic heterocycles. The Morgan fingerprint density at radius 3 is 1.39 bits per heavy atom. The van der Waals surface area contributed by atoms with Crippen LogP contribution in [0.25, 0.3) is 133 Å². The molecule has 0 radical (unpaired) electrons. The van der Waals surface area contributed by atoms with Crippen LogP contribution in [-0.4, -0.2) is 24.1 Å². The molecule has 322 valence electrons. The quantitative estimate of drug-likeness (QED) is 0.160. The number of nitrogens with zero attached hydrogens (tertiary/aromatic N) is 5. The van der Waals surface area contributed by atoms with Gasteiger partial charge in [0.25, 0.3) is 0 Å². The molecule has 0 N–H and O–H groups in total. The summed E-state index contributed by atoms with van der Waals surface area (Å²) < 4.78 is 12.2. The van der Waals surface area contributed by atoms with Gasteiger partial charge in [-0.3, -0.25) is 0 Å². The summed E-state index contributed by atoms with van der Waals surface area (Å²) in [5, 5.41) is 6.63. The molecule has 4 heterocycles. The molecule has 10 aromatic carbocycles. The normalized spacial score (nSPS) is 11.8. The lowest BCUT2D eigenvalue weighted by atomic mass is 10.0. The Morgan fingerprint density at radius 1 is 0.290 bits per heavy atom. The second-order valence-corrected chi connectivity index (χ2v) is 17.5. The molecule has 0 unspecified atom stereocenters. The second-order valence-electron chi connectivity index (χ2n) is 17.5. The Morgan fingerprint density at radius 2 is 0.739 bits per heavy atom. The average Bonchev–Trinajstić information content (AvgIpc) is 4.10. The van der Waals surface area contributed by atoms with E-state index in [1.54, 1.807) is 0 Å². The average molecular weight is 882 g/mol. The predicted octanol–water partition coefficient (Wildman–Crippen LogP) is 16.3. The van der Waals surface area contributed by atoms with Crippen molar-refractivity contribution >= 4 is 65.6 Å². The molecular formula is C63H39N5O.